The molecule has 4 nitrogen and oxygen atoms in total. The lowest BCUT2D eigenvalue weighted by molar-refractivity contribution is -0.117. The van der Waals surface area contributed by atoms with E-state index in [-0.39, 0.29) is 4.90 Å². The fraction of sp³-hybridized carbons (Fsp3) is 0.125. The topological polar surface area (TPSA) is 63.2 Å². The Bertz CT molecular complexity index is 438. The Morgan fingerprint density at radius 1 is 1.29 bits per heavy atom. The van der Waals surface area contributed by atoms with Gasteiger partial charge in [-0.2, -0.15) is 0 Å². The van der Waals surface area contributed by atoms with Crippen molar-refractivity contribution < 1.29 is 13.2 Å². The molecule has 14 heavy (non-hydrogen) atoms. The normalized spacial score (nSPS) is 11.0. The van der Waals surface area contributed by atoms with Crippen LogP contribution in [0.15, 0.2) is 29.2 Å². The Morgan fingerprint density at radius 2 is 1.79 bits per heavy atom. The van der Waals surface area contributed by atoms with E-state index in [1.807, 2.05) is 4.72 Å². The second-order valence-electron chi connectivity index (χ2n) is 2.62. The van der Waals surface area contributed by atoms with Crippen LogP contribution in [0.25, 0.3) is 0 Å². The number of carbonyl (C=O) groups excluding carboxylic acids is 1. The molecule has 0 aliphatic rings. The van der Waals surface area contributed by atoms with E-state index in [4.69, 9.17) is 11.6 Å². The van der Waals surface area contributed by atoms with Crippen molar-refractivity contribution >= 4 is 27.5 Å². The summed E-state index contributed by atoms with van der Waals surface area (Å²) in [5, 5.41) is 0.437. The molecule has 1 rings (SSSR count). The summed E-state index contributed by atoms with van der Waals surface area (Å²) in [6.07, 6.45) is 0. The predicted molar refractivity (Wildman–Crippen MR) is 52.5 cm³/mol. The van der Waals surface area contributed by atoms with E-state index in [0.29, 0.717) is 5.02 Å². The van der Waals surface area contributed by atoms with E-state index < -0.39 is 15.9 Å². The molecule has 0 saturated heterocycles. The van der Waals surface area contributed by atoms with Gasteiger partial charge in [-0.3, -0.25) is 4.79 Å². The van der Waals surface area contributed by atoms with E-state index in [0.717, 1.165) is 6.92 Å². The Balaban J connectivity index is 3.05. The van der Waals surface area contributed by atoms with Crippen LogP contribution in [0.3, 0.4) is 0 Å². The van der Waals surface area contributed by atoms with Crippen LogP contribution in [0.1, 0.15) is 6.92 Å². The molecule has 0 bridgehead atoms. The highest BCUT2D eigenvalue weighted by Crippen LogP contribution is 2.13. The maximum atomic E-state index is 11.4. The second kappa shape index (κ2) is 3.98. The summed E-state index contributed by atoms with van der Waals surface area (Å²) < 4.78 is 24.6. The van der Waals surface area contributed by atoms with E-state index in [1.54, 1.807) is 0 Å². The molecule has 0 aliphatic heterocycles. The van der Waals surface area contributed by atoms with E-state index in [9.17, 15) is 13.2 Å². The van der Waals surface area contributed by atoms with Crippen molar-refractivity contribution in [2.45, 2.75) is 11.8 Å². The van der Waals surface area contributed by atoms with Gasteiger partial charge in [-0.15, -0.1) is 0 Å². The number of rotatable bonds is 2. The van der Waals surface area contributed by atoms with Gasteiger partial charge in [0.15, 0.2) is 0 Å². The van der Waals surface area contributed by atoms with Gasteiger partial charge in [0, 0.05) is 11.9 Å². The molecule has 0 unspecified atom stereocenters. The standard InChI is InChI=1S/C8H8ClNO3S/c1-6(11)10-14(12,13)8-4-2-7(9)3-5-8/h2-5H,1H3,(H,10,11). The van der Waals surface area contributed by atoms with Crippen molar-refractivity contribution in [2.75, 3.05) is 0 Å². The molecule has 76 valence electrons. The van der Waals surface area contributed by atoms with Gasteiger partial charge in [0.2, 0.25) is 5.91 Å². The monoisotopic (exact) mass is 233 g/mol. The molecule has 1 aromatic carbocycles. The lowest BCUT2D eigenvalue weighted by Gasteiger charge is -2.03. The van der Waals surface area contributed by atoms with Gasteiger partial charge in [0.1, 0.15) is 0 Å². The Hall–Kier alpha value is -1.07. The fourth-order valence-corrected chi connectivity index (χ4v) is 1.98. The Kier molecular flexibility index (Phi) is 3.13. The minimum Gasteiger partial charge on any atom is -0.274 e. The molecule has 0 aliphatic carbocycles. The highest BCUT2D eigenvalue weighted by molar-refractivity contribution is 7.90. The minimum absolute atomic E-state index is 0.0112. The molecule has 0 fully saturated rings. The number of benzene rings is 1. The predicted octanol–water partition coefficient (Wildman–Crippen LogP) is 1.16. The first-order valence-corrected chi connectivity index (χ1v) is 5.57. The number of halogens is 1. The molecule has 1 aromatic rings. The summed E-state index contributed by atoms with van der Waals surface area (Å²) >= 11 is 5.59. The lowest BCUT2D eigenvalue weighted by Crippen LogP contribution is -2.28. The van der Waals surface area contributed by atoms with Crippen molar-refractivity contribution in [3.05, 3.63) is 29.3 Å². The quantitative estimate of drug-likeness (QED) is 0.834. The first kappa shape index (κ1) is 11.0. The molecular formula is C8H8ClNO3S. The van der Waals surface area contributed by atoms with Crippen LogP contribution in [0.2, 0.25) is 5.02 Å². The van der Waals surface area contributed by atoms with Gasteiger partial charge in [-0.1, -0.05) is 11.6 Å². The molecule has 0 aromatic heterocycles. The van der Waals surface area contributed by atoms with Crippen molar-refractivity contribution in [2.24, 2.45) is 0 Å². The lowest BCUT2D eigenvalue weighted by atomic mass is 10.4. The summed E-state index contributed by atoms with van der Waals surface area (Å²) in [7, 11) is -3.73. The van der Waals surface area contributed by atoms with Crippen LogP contribution >= 0.6 is 11.6 Å². The van der Waals surface area contributed by atoms with Gasteiger partial charge < -0.3 is 0 Å². The molecule has 0 saturated carbocycles. The average molecular weight is 234 g/mol. The van der Waals surface area contributed by atoms with Gasteiger partial charge in [0.05, 0.1) is 4.90 Å². The fourth-order valence-electron chi connectivity index (χ4n) is 0.862. The summed E-state index contributed by atoms with van der Waals surface area (Å²) in [5.41, 5.74) is 0. The summed E-state index contributed by atoms with van der Waals surface area (Å²) in [4.78, 5) is 10.6. The van der Waals surface area contributed by atoms with Gasteiger partial charge in [-0.25, -0.2) is 13.1 Å². The van der Waals surface area contributed by atoms with Crippen molar-refractivity contribution in [3.63, 3.8) is 0 Å². The van der Waals surface area contributed by atoms with Crippen LogP contribution in [-0.2, 0) is 14.8 Å². The molecule has 0 atom stereocenters. The zero-order valence-electron chi connectivity index (χ0n) is 7.32. The highest BCUT2D eigenvalue weighted by Gasteiger charge is 2.14. The average Bonchev–Trinajstić information content (AvgIpc) is 2.02. The van der Waals surface area contributed by atoms with Gasteiger partial charge in [-0.05, 0) is 24.3 Å². The summed E-state index contributed by atoms with van der Waals surface area (Å²) in [6, 6.07) is 5.54. The second-order valence-corrected chi connectivity index (χ2v) is 4.73. The minimum atomic E-state index is -3.73. The number of amides is 1. The highest BCUT2D eigenvalue weighted by atomic mass is 35.5. The van der Waals surface area contributed by atoms with Crippen LogP contribution in [0, 0.1) is 0 Å². The van der Waals surface area contributed by atoms with Gasteiger partial charge >= 0.3 is 0 Å². The summed E-state index contributed by atoms with van der Waals surface area (Å²) in [6.45, 7) is 1.13. The molecule has 1 amide bonds. The number of sulfonamides is 1. The zero-order valence-corrected chi connectivity index (χ0v) is 8.89. The van der Waals surface area contributed by atoms with Gasteiger partial charge in [0.25, 0.3) is 10.0 Å². The third-order valence-electron chi connectivity index (χ3n) is 1.40. The summed E-state index contributed by atoms with van der Waals surface area (Å²) in [5.74, 6) is -0.625. The largest absolute Gasteiger partial charge is 0.274 e. The smallest absolute Gasteiger partial charge is 0.264 e. The molecule has 6 heteroatoms. The van der Waals surface area contributed by atoms with Crippen LogP contribution < -0.4 is 4.72 Å². The van der Waals surface area contributed by atoms with Crippen LogP contribution in [0.4, 0.5) is 0 Å². The van der Waals surface area contributed by atoms with E-state index in [1.165, 1.54) is 24.3 Å². The SMILES string of the molecule is CC(=O)NS(=O)(=O)c1ccc(Cl)cc1. The molecule has 0 radical (unpaired) electrons. The third kappa shape index (κ3) is 2.71. The molecule has 1 N–H and O–H groups in total. The zero-order chi connectivity index (χ0) is 10.8. The van der Waals surface area contributed by atoms with Crippen molar-refractivity contribution in [3.8, 4) is 0 Å². The molecular weight excluding hydrogens is 226 g/mol. The van der Waals surface area contributed by atoms with E-state index >= 15 is 0 Å². The maximum absolute atomic E-state index is 11.4. The number of carbonyl (C=O) groups is 1. The third-order valence-corrected chi connectivity index (χ3v) is 3.10. The molecule has 0 spiro atoms. The molecule has 0 heterocycles. The number of hydrogen-bond donors (Lipinski definition) is 1. The maximum Gasteiger partial charge on any atom is 0.264 e. The Morgan fingerprint density at radius 3 is 2.21 bits per heavy atom. The van der Waals surface area contributed by atoms with E-state index in [2.05, 4.69) is 0 Å². The number of hydrogen-bond acceptors (Lipinski definition) is 3. The first-order valence-electron chi connectivity index (χ1n) is 3.71. The Labute approximate surface area is 86.9 Å². The van der Waals surface area contributed by atoms with Crippen LogP contribution in [0.5, 0.6) is 0 Å². The first-order chi connectivity index (χ1) is 6.42. The number of nitrogens with one attached hydrogen (secondary N) is 1. The van der Waals surface area contributed by atoms with Crippen molar-refractivity contribution in [1.82, 2.24) is 4.72 Å². The van der Waals surface area contributed by atoms with Crippen LogP contribution in [-0.4, -0.2) is 14.3 Å². The van der Waals surface area contributed by atoms with Crippen molar-refractivity contribution in [1.29, 1.82) is 0 Å².